The van der Waals surface area contributed by atoms with Crippen molar-refractivity contribution in [2.45, 2.75) is 167 Å². The van der Waals surface area contributed by atoms with Gasteiger partial charge in [0.25, 0.3) is 23.6 Å². The molecule has 28 rings (SSSR count). The Kier molecular flexibility index (Phi) is 23.6. The van der Waals surface area contributed by atoms with Gasteiger partial charge in [0.15, 0.2) is 47.3 Å². The summed E-state index contributed by atoms with van der Waals surface area (Å²) in [7, 11) is 0. The van der Waals surface area contributed by atoms with E-state index < -0.39 is 71.7 Å². The van der Waals surface area contributed by atoms with Crippen molar-refractivity contribution in [3.8, 4) is 23.0 Å². The fourth-order valence-electron chi connectivity index (χ4n) is 24.1. The number of benzene rings is 8. The SMILES string of the molecule is O=C1C=CN2C(C(=O)N3CC[C@@H]4C[C@@H]4COc4cccc5c4[C@@H](c4ccccc4SC5)N2C3)C1O.O=C1C=CN2C(C(=O)N3CC[C@@H]4C[C@@H]4COc4cccc5c4[C@H](c4ccccc4SC5)N2C3)C1O.O=C1C=CN2C(C(=O)N3CC[C@H]4C[C@H]4COc4cccc5c4[C@@H](c4ccccc4SC5)N2C3)C1O.O=C1C=CN2C(C(=O)N3CC[C@H]4C[C@H]4COc4cccc5c4[C@H](c4ccccc4SC5)N2C3)C1O. The quantitative estimate of drug-likeness (QED) is 0.110. The molecule has 720 valence electrons. The summed E-state index contributed by atoms with van der Waals surface area (Å²) in [5, 5.41) is 59.3. The number of carbonyl (C=O) groups excluding carboxylic acids is 8. The van der Waals surface area contributed by atoms with Crippen molar-refractivity contribution >= 4 is 93.8 Å². The number of hydrogen-bond donors (Lipinski definition) is 4. The van der Waals surface area contributed by atoms with Crippen LogP contribution in [-0.4, -0.2) is 255 Å². The third-order valence-corrected chi connectivity index (χ3v) is 36.8. The molecule has 4 amide bonds. The number of thioether (sulfide) groups is 4. The van der Waals surface area contributed by atoms with Crippen LogP contribution >= 0.6 is 47.0 Å². The third-order valence-electron chi connectivity index (χ3n) is 32.2. The summed E-state index contributed by atoms with van der Waals surface area (Å²) in [6.07, 6.45) is 14.7. The van der Waals surface area contributed by atoms with E-state index in [2.05, 4.69) is 166 Å². The minimum absolute atomic E-state index is 0.179. The molecule has 8 fully saturated rings. The first kappa shape index (κ1) is 90.1. The van der Waals surface area contributed by atoms with Crippen LogP contribution in [-0.2, 0) is 61.4 Å². The Morgan fingerprint density at radius 2 is 0.486 bits per heavy atom. The van der Waals surface area contributed by atoms with Crippen LogP contribution < -0.4 is 18.9 Å². The first-order valence-corrected chi connectivity index (χ1v) is 53.1. The number of nitrogens with zero attached hydrogens (tertiary/aromatic N) is 12. The molecule has 4 saturated heterocycles. The van der Waals surface area contributed by atoms with Gasteiger partial charge in [-0.3, -0.25) is 58.4 Å². The maximum absolute atomic E-state index is 13.6. The van der Waals surface area contributed by atoms with E-state index in [0.717, 1.165) is 142 Å². The van der Waals surface area contributed by atoms with Gasteiger partial charge in [-0.05, 0) is 192 Å². The van der Waals surface area contributed by atoms with Crippen molar-refractivity contribution < 1.29 is 77.7 Å². The number of aliphatic hydroxyl groups is 4. The van der Waals surface area contributed by atoms with Crippen LogP contribution in [0.5, 0.6) is 23.0 Å². The molecule has 0 spiro atoms. The lowest BCUT2D eigenvalue weighted by atomic mass is 9.92. The number of ketones is 4. The van der Waals surface area contributed by atoms with Crippen molar-refractivity contribution in [3.05, 3.63) is 286 Å². The fourth-order valence-corrected chi connectivity index (χ4v) is 28.5. The molecule has 16 aliphatic heterocycles. The van der Waals surface area contributed by atoms with Gasteiger partial charge in [0.2, 0.25) is 0 Å². The van der Waals surface area contributed by atoms with E-state index >= 15 is 0 Å². The smallest absolute Gasteiger partial charge is 0.251 e. The molecule has 4 saturated carbocycles. The lowest BCUT2D eigenvalue weighted by Gasteiger charge is -2.52. The van der Waals surface area contributed by atoms with Crippen molar-refractivity contribution in [1.82, 2.24) is 59.7 Å². The molecule has 0 radical (unpaired) electrons. The highest BCUT2D eigenvalue weighted by Gasteiger charge is 2.58. The molecule has 4 N–H and O–H groups in total. The number of hydrogen-bond acceptors (Lipinski definition) is 28. The average molecular weight is 1960 g/mol. The van der Waals surface area contributed by atoms with Gasteiger partial charge in [0.1, 0.15) is 47.4 Å². The molecule has 16 heterocycles. The zero-order valence-electron chi connectivity index (χ0n) is 77.0. The minimum atomic E-state index is -1.39. The number of rotatable bonds is 0. The second kappa shape index (κ2) is 36.6. The second-order valence-electron chi connectivity index (χ2n) is 40.3. The molecule has 8 bridgehead atoms. The predicted octanol–water partition coefficient (Wildman–Crippen LogP) is 11.8. The Morgan fingerprint density at radius 1 is 0.264 bits per heavy atom. The highest BCUT2D eigenvalue weighted by atomic mass is 32.2. The summed E-state index contributed by atoms with van der Waals surface area (Å²) in [4.78, 5) is 116. The van der Waals surface area contributed by atoms with Crippen LogP contribution in [0.3, 0.4) is 0 Å². The molecule has 32 heteroatoms. The standard InChI is InChI=1S/4C27H27N3O4S/c4*31-20-9-11-29-25(26(20)32)27(33)28-10-8-16-12-18(16)13-34-21-6-3-4-17-14-35-22-7-2-1-5-19(22)24(23(17)21)30(29)15-28/h4*1-7,9,11,16,18,24-26,32H,8,10,12-15H2/t2*16-,18-,24+,25?,26?;2*16-,18-,24-,25?,26?/m1010/s1. The van der Waals surface area contributed by atoms with E-state index in [0.29, 0.717) is 127 Å². The maximum Gasteiger partial charge on any atom is 0.251 e. The van der Waals surface area contributed by atoms with E-state index in [-0.39, 0.29) is 47.8 Å². The Hall–Kier alpha value is -11.2. The van der Waals surface area contributed by atoms with Crippen LogP contribution in [0, 0.1) is 47.3 Å². The normalized spacial score (nSPS) is 33.2. The number of ether oxygens (including phenoxy) is 4. The van der Waals surface area contributed by atoms with Crippen molar-refractivity contribution in [3.63, 3.8) is 0 Å². The summed E-state index contributed by atoms with van der Waals surface area (Å²) in [5.41, 5.74) is 13.8. The average Bonchev–Trinajstić information content (AvgIpc) is 1.63. The first-order valence-electron chi connectivity index (χ1n) is 49.2. The second-order valence-corrected chi connectivity index (χ2v) is 44.4. The van der Waals surface area contributed by atoms with Crippen molar-refractivity contribution in [2.24, 2.45) is 47.3 Å². The van der Waals surface area contributed by atoms with Gasteiger partial charge in [0.05, 0.1) is 77.3 Å². The van der Waals surface area contributed by atoms with Crippen LogP contribution in [0.4, 0.5) is 0 Å². The van der Waals surface area contributed by atoms with Gasteiger partial charge in [-0.2, -0.15) is 20.0 Å². The number of hydrazine groups is 4. The van der Waals surface area contributed by atoms with Crippen molar-refractivity contribution in [2.75, 3.05) is 79.3 Å². The van der Waals surface area contributed by atoms with E-state index in [1.807, 2.05) is 90.9 Å². The van der Waals surface area contributed by atoms with Gasteiger partial charge in [-0.15, -0.1) is 47.0 Å². The Balaban J connectivity index is 0.0000000985. The maximum atomic E-state index is 13.6. The summed E-state index contributed by atoms with van der Waals surface area (Å²) in [6, 6.07) is 54.0. The lowest BCUT2D eigenvalue weighted by Crippen LogP contribution is -2.68. The molecule has 12 unspecified atom stereocenters. The Labute approximate surface area is 827 Å². The number of fused-ring (bicyclic) bond motifs is 32. The molecule has 140 heavy (non-hydrogen) atoms. The highest BCUT2D eigenvalue weighted by molar-refractivity contribution is 7.99. The number of carbonyl (C=O) groups is 8. The minimum Gasteiger partial charge on any atom is -0.493 e. The first-order chi connectivity index (χ1) is 68.4. The van der Waals surface area contributed by atoms with Crippen LogP contribution in [0.2, 0.25) is 0 Å². The molecular weight excluding hydrogens is 1850 g/mol. The predicted molar refractivity (Wildman–Crippen MR) is 521 cm³/mol. The van der Waals surface area contributed by atoms with Gasteiger partial charge in [-0.25, -0.2) is 0 Å². The van der Waals surface area contributed by atoms with Crippen LogP contribution in [0.1, 0.15) is 142 Å². The van der Waals surface area contributed by atoms with Gasteiger partial charge in [0, 0.05) is 140 Å². The number of aliphatic hydroxyl groups excluding tert-OH is 4. The largest absolute Gasteiger partial charge is 0.493 e. The van der Waals surface area contributed by atoms with Gasteiger partial charge in [-0.1, -0.05) is 121 Å². The third kappa shape index (κ3) is 16.1. The summed E-state index contributed by atoms with van der Waals surface area (Å²) in [5.74, 6) is 8.61. The van der Waals surface area contributed by atoms with Crippen molar-refractivity contribution in [1.29, 1.82) is 0 Å². The topological polar surface area (TPSA) is 293 Å². The molecule has 20 aliphatic rings. The molecular formula is C108H108N12O16S4. The molecule has 28 nitrogen and oxygen atoms in total. The Morgan fingerprint density at radius 3 is 0.714 bits per heavy atom. The number of amides is 4. The molecule has 4 aliphatic carbocycles. The summed E-state index contributed by atoms with van der Waals surface area (Å²) >= 11 is 7.23. The fraction of sp³-hybridized carbons (Fsp3) is 0.407. The van der Waals surface area contributed by atoms with Gasteiger partial charge < -0.3 is 59.0 Å². The molecule has 0 aromatic heterocycles. The zero-order chi connectivity index (χ0) is 94.7. The van der Waals surface area contributed by atoms with Crippen LogP contribution in [0.15, 0.2) is 239 Å². The summed E-state index contributed by atoms with van der Waals surface area (Å²) < 4.78 is 26.0. The lowest BCUT2D eigenvalue weighted by molar-refractivity contribution is -0.185. The van der Waals surface area contributed by atoms with E-state index in [4.69, 9.17) is 18.9 Å². The molecule has 8 aromatic carbocycles. The van der Waals surface area contributed by atoms with Gasteiger partial charge >= 0.3 is 0 Å². The molecule has 24 atom stereocenters. The Bertz CT molecular complexity index is 5760. The van der Waals surface area contributed by atoms with E-state index in [1.165, 1.54) is 66.1 Å². The zero-order valence-corrected chi connectivity index (χ0v) is 80.3. The highest BCUT2D eigenvalue weighted by Crippen LogP contribution is 2.57. The van der Waals surface area contributed by atoms with E-state index in [9.17, 15) is 58.8 Å². The van der Waals surface area contributed by atoms with E-state index in [1.54, 1.807) is 44.8 Å². The van der Waals surface area contributed by atoms with Crippen LogP contribution in [0.25, 0.3) is 0 Å². The monoisotopic (exact) mass is 1960 g/mol. The molecule has 8 aromatic rings. The summed E-state index contributed by atoms with van der Waals surface area (Å²) in [6.45, 7) is 6.76.